The molecule has 42 heavy (non-hydrogen) atoms. The minimum Gasteiger partial charge on any atom is -0.495 e. The Morgan fingerprint density at radius 3 is 2.24 bits per heavy atom. The van der Waals surface area contributed by atoms with Crippen LogP contribution in [-0.4, -0.2) is 57.4 Å². The molecule has 0 bridgehead atoms. The number of methoxy groups -OCH3 is 1. The molecule has 8 nitrogen and oxygen atoms in total. The minimum atomic E-state index is -4.17. The van der Waals surface area contributed by atoms with E-state index in [1.165, 1.54) is 19.2 Å². The number of carbonyl (C=O) groups is 2. The molecule has 0 spiro atoms. The average molecular weight is 592 g/mol. The maximum Gasteiger partial charge on any atom is 0.264 e. The second kappa shape index (κ2) is 14.4. The number of amides is 2. The summed E-state index contributed by atoms with van der Waals surface area (Å²) in [6.45, 7) is 3.54. The topological polar surface area (TPSA) is 96.0 Å². The number of sulfonamides is 1. The Morgan fingerprint density at radius 1 is 0.952 bits per heavy atom. The van der Waals surface area contributed by atoms with E-state index in [-0.39, 0.29) is 29.1 Å². The minimum absolute atomic E-state index is 0.0636. The third-order valence-corrected chi connectivity index (χ3v) is 9.59. The second-order valence-corrected chi connectivity index (χ2v) is 12.6. The summed E-state index contributed by atoms with van der Waals surface area (Å²) >= 11 is 0. The van der Waals surface area contributed by atoms with Gasteiger partial charge in [-0.15, -0.1) is 0 Å². The lowest BCUT2D eigenvalue weighted by atomic mass is 10.1. The lowest BCUT2D eigenvalue weighted by molar-refractivity contribution is -0.139. The van der Waals surface area contributed by atoms with Crippen molar-refractivity contribution >= 4 is 27.5 Å². The zero-order chi connectivity index (χ0) is 30.1. The number of nitrogens with zero attached hydrogens (tertiary/aromatic N) is 2. The molecule has 1 aliphatic rings. The highest BCUT2D eigenvalue weighted by molar-refractivity contribution is 7.92. The lowest BCUT2D eigenvalue weighted by Crippen LogP contribution is -2.54. The largest absolute Gasteiger partial charge is 0.495 e. The summed E-state index contributed by atoms with van der Waals surface area (Å²) in [6.07, 6.45) is 4.93. The van der Waals surface area contributed by atoms with Gasteiger partial charge in [-0.2, -0.15) is 0 Å². The number of carbonyl (C=O) groups excluding carboxylic acids is 2. The fraction of sp³-hybridized carbons (Fsp3) is 0.394. The molecule has 1 aliphatic carbocycles. The molecule has 3 aromatic carbocycles. The SMILES string of the molecule is CC[C@@H](C(=O)NC1CCCC1)N(CCc1ccccc1)C(=O)CN(c1ccccc1OC)S(=O)(=O)c1ccc(C)cc1. The highest BCUT2D eigenvalue weighted by Gasteiger charge is 2.35. The first-order chi connectivity index (χ1) is 20.2. The van der Waals surface area contributed by atoms with E-state index in [0.717, 1.165) is 41.1 Å². The number of nitrogens with one attached hydrogen (secondary N) is 1. The van der Waals surface area contributed by atoms with Crippen LogP contribution in [0.5, 0.6) is 5.75 Å². The van der Waals surface area contributed by atoms with Crippen LogP contribution in [0.4, 0.5) is 5.69 Å². The molecule has 0 heterocycles. The van der Waals surface area contributed by atoms with Crippen molar-refractivity contribution < 1.29 is 22.7 Å². The molecule has 0 aromatic heterocycles. The van der Waals surface area contributed by atoms with Crippen molar-refractivity contribution in [1.82, 2.24) is 10.2 Å². The number of ether oxygens (including phenoxy) is 1. The highest BCUT2D eigenvalue weighted by atomic mass is 32.2. The van der Waals surface area contributed by atoms with Gasteiger partial charge in [-0.05, 0) is 62.4 Å². The van der Waals surface area contributed by atoms with Gasteiger partial charge in [0.15, 0.2) is 0 Å². The van der Waals surface area contributed by atoms with Crippen LogP contribution in [0.1, 0.15) is 50.2 Å². The number of benzene rings is 3. The first kappa shape index (κ1) is 31.1. The van der Waals surface area contributed by atoms with Crippen LogP contribution in [0.3, 0.4) is 0 Å². The van der Waals surface area contributed by atoms with Gasteiger partial charge in [-0.3, -0.25) is 13.9 Å². The van der Waals surface area contributed by atoms with Crippen LogP contribution in [-0.2, 0) is 26.0 Å². The van der Waals surface area contributed by atoms with Crippen LogP contribution in [0, 0.1) is 6.92 Å². The van der Waals surface area contributed by atoms with Crippen LogP contribution in [0.15, 0.2) is 83.8 Å². The van der Waals surface area contributed by atoms with Gasteiger partial charge < -0.3 is 15.0 Å². The number of hydrogen-bond donors (Lipinski definition) is 1. The fourth-order valence-electron chi connectivity index (χ4n) is 5.45. The van der Waals surface area contributed by atoms with Crippen molar-refractivity contribution in [3.8, 4) is 5.75 Å². The van der Waals surface area contributed by atoms with Gasteiger partial charge in [0, 0.05) is 12.6 Å². The van der Waals surface area contributed by atoms with E-state index in [1.807, 2.05) is 44.2 Å². The predicted octanol–water partition coefficient (Wildman–Crippen LogP) is 5.11. The van der Waals surface area contributed by atoms with Crippen molar-refractivity contribution in [2.24, 2.45) is 0 Å². The lowest BCUT2D eigenvalue weighted by Gasteiger charge is -2.34. The maximum atomic E-state index is 14.2. The van der Waals surface area contributed by atoms with E-state index in [1.54, 1.807) is 41.3 Å². The first-order valence-corrected chi connectivity index (χ1v) is 16.0. The molecule has 0 aliphatic heterocycles. The summed E-state index contributed by atoms with van der Waals surface area (Å²) in [6, 6.07) is 22.4. The molecular weight excluding hydrogens is 550 g/mol. The fourth-order valence-corrected chi connectivity index (χ4v) is 6.87. The molecule has 1 N–H and O–H groups in total. The van der Waals surface area contributed by atoms with Gasteiger partial charge >= 0.3 is 0 Å². The summed E-state index contributed by atoms with van der Waals surface area (Å²) in [5.41, 5.74) is 2.19. The van der Waals surface area contributed by atoms with Crippen LogP contribution in [0.2, 0.25) is 0 Å². The average Bonchev–Trinajstić information content (AvgIpc) is 3.51. The summed E-state index contributed by atoms with van der Waals surface area (Å²) in [7, 11) is -2.70. The molecule has 224 valence electrons. The van der Waals surface area contributed by atoms with E-state index < -0.39 is 28.5 Å². The molecule has 9 heteroatoms. The molecule has 0 saturated heterocycles. The second-order valence-electron chi connectivity index (χ2n) is 10.7. The standard InChI is InChI=1S/C33H41N3O5S/c1-4-29(33(38)34-27-14-8-9-15-27)35(23-22-26-12-6-5-7-13-26)32(37)24-36(30-16-10-11-17-31(30)41-3)42(39,40)28-20-18-25(2)19-21-28/h5-7,10-13,16-21,27,29H,4,8-9,14-15,22-24H2,1-3H3,(H,34,38)/t29-/m0/s1. The van der Waals surface area contributed by atoms with E-state index in [0.29, 0.717) is 18.6 Å². The summed E-state index contributed by atoms with van der Waals surface area (Å²) in [5, 5.41) is 3.14. The Hall–Kier alpha value is -3.85. The Kier molecular flexibility index (Phi) is 10.6. The monoisotopic (exact) mass is 591 g/mol. The Morgan fingerprint density at radius 2 is 1.60 bits per heavy atom. The molecule has 3 aromatic rings. The van der Waals surface area contributed by atoms with Gasteiger partial charge in [0.2, 0.25) is 11.8 Å². The zero-order valence-corrected chi connectivity index (χ0v) is 25.5. The third-order valence-electron chi connectivity index (χ3n) is 7.81. The molecule has 2 amide bonds. The summed E-state index contributed by atoms with van der Waals surface area (Å²) in [4.78, 5) is 29.4. The van der Waals surface area contributed by atoms with Crippen LogP contribution in [0.25, 0.3) is 0 Å². The number of hydrogen-bond acceptors (Lipinski definition) is 5. The van der Waals surface area contributed by atoms with Crippen molar-refractivity contribution in [2.75, 3.05) is 24.5 Å². The van der Waals surface area contributed by atoms with Crippen molar-refractivity contribution in [2.45, 2.75) is 69.4 Å². The van der Waals surface area contributed by atoms with Gasteiger partial charge in [-0.25, -0.2) is 8.42 Å². The number of para-hydroxylation sites is 2. The Bertz CT molecular complexity index is 1440. The molecule has 4 rings (SSSR count). The van der Waals surface area contributed by atoms with Gasteiger partial charge in [0.1, 0.15) is 18.3 Å². The van der Waals surface area contributed by atoms with E-state index in [9.17, 15) is 18.0 Å². The number of rotatable bonds is 13. The van der Waals surface area contributed by atoms with Gasteiger partial charge in [0.05, 0.1) is 17.7 Å². The smallest absolute Gasteiger partial charge is 0.264 e. The van der Waals surface area contributed by atoms with E-state index in [2.05, 4.69) is 5.32 Å². The Labute approximate surface area is 249 Å². The van der Waals surface area contributed by atoms with Crippen molar-refractivity contribution in [1.29, 1.82) is 0 Å². The molecule has 1 saturated carbocycles. The van der Waals surface area contributed by atoms with Crippen LogP contribution >= 0.6 is 0 Å². The third kappa shape index (κ3) is 7.50. The van der Waals surface area contributed by atoms with E-state index in [4.69, 9.17) is 4.74 Å². The first-order valence-electron chi connectivity index (χ1n) is 14.6. The summed E-state index contributed by atoms with van der Waals surface area (Å²) in [5.74, 6) is -0.333. The van der Waals surface area contributed by atoms with E-state index >= 15 is 0 Å². The van der Waals surface area contributed by atoms with Crippen LogP contribution < -0.4 is 14.4 Å². The highest BCUT2D eigenvalue weighted by Crippen LogP contribution is 2.32. The predicted molar refractivity (Wildman–Crippen MR) is 165 cm³/mol. The van der Waals surface area contributed by atoms with Crippen molar-refractivity contribution in [3.63, 3.8) is 0 Å². The number of anilines is 1. The molecule has 1 atom stereocenters. The Balaban J connectivity index is 1.70. The van der Waals surface area contributed by atoms with Gasteiger partial charge in [-0.1, -0.05) is 79.9 Å². The molecule has 1 fully saturated rings. The molecular formula is C33H41N3O5S. The summed E-state index contributed by atoms with van der Waals surface area (Å²) < 4.78 is 34.8. The molecule has 0 radical (unpaired) electrons. The van der Waals surface area contributed by atoms with Crippen molar-refractivity contribution in [3.05, 3.63) is 90.0 Å². The zero-order valence-electron chi connectivity index (χ0n) is 24.7. The molecule has 0 unspecified atom stereocenters. The normalized spacial score (nSPS) is 14.3. The quantitative estimate of drug-likeness (QED) is 0.298. The van der Waals surface area contributed by atoms with Gasteiger partial charge in [0.25, 0.3) is 10.0 Å². The number of aryl methyl sites for hydroxylation is 1. The maximum absolute atomic E-state index is 14.2.